The van der Waals surface area contributed by atoms with E-state index in [4.69, 9.17) is 23.3 Å². The Labute approximate surface area is 178 Å². The zero-order valence-electron chi connectivity index (χ0n) is 17.6. The fourth-order valence-corrected chi connectivity index (χ4v) is 4.45. The maximum Gasteiger partial charge on any atom is 0.330 e. The van der Waals surface area contributed by atoms with Gasteiger partial charge in [0.2, 0.25) is 0 Å². The van der Waals surface area contributed by atoms with Gasteiger partial charge in [0.05, 0.1) is 25.5 Å². The number of H-pyrrole nitrogens is 1. The number of hydrogen-bond donors (Lipinski definition) is 3. The highest BCUT2D eigenvalue weighted by molar-refractivity contribution is 7.53. The van der Waals surface area contributed by atoms with Crippen LogP contribution in [0.15, 0.2) is 15.8 Å². The van der Waals surface area contributed by atoms with Crippen molar-refractivity contribution in [3.63, 3.8) is 0 Å². The number of rotatable bonds is 11. The van der Waals surface area contributed by atoms with Crippen molar-refractivity contribution < 1.29 is 42.2 Å². The van der Waals surface area contributed by atoms with Crippen LogP contribution in [0.1, 0.15) is 18.2 Å². The molecule has 0 aromatic carbocycles. The lowest BCUT2D eigenvalue weighted by Gasteiger charge is -2.27. The average Bonchev–Trinajstić information content (AvgIpc) is 2.99. The smallest absolute Gasteiger partial charge is 0.330 e. The number of aromatic nitrogens is 2. The van der Waals surface area contributed by atoms with Crippen molar-refractivity contribution in [2.75, 3.05) is 40.3 Å². The van der Waals surface area contributed by atoms with Crippen LogP contribution in [-0.2, 0) is 32.4 Å². The van der Waals surface area contributed by atoms with Crippen LogP contribution in [0.25, 0.3) is 0 Å². The van der Waals surface area contributed by atoms with E-state index < -0.39 is 57.1 Å². The van der Waals surface area contributed by atoms with Gasteiger partial charge >= 0.3 is 20.9 Å². The van der Waals surface area contributed by atoms with Crippen molar-refractivity contribution in [1.82, 2.24) is 9.55 Å². The van der Waals surface area contributed by atoms with E-state index in [0.717, 1.165) is 4.57 Å². The molecule has 5 atom stereocenters. The van der Waals surface area contributed by atoms with Crippen molar-refractivity contribution in [1.29, 1.82) is 0 Å². The molecular formula is C16H28N2O11P2. The Morgan fingerprint density at radius 1 is 1.19 bits per heavy atom. The second-order valence-corrected chi connectivity index (χ2v) is 11.0. The number of nitrogens with one attached hydrogen (secondary N) is 1. The molecule has 1 fully saturated rings. The van der Waals surface area contributed by atoms with Gasteiger partial charge in [0, 0.05) is 32.6 Å². The van der Waals surface area contributed by atoms with Gasteiger partial charge in [-0.15, -0.1) is 0 Å². The zero-order chi connectivity index (χ0) is 23.4. The van der Waals surface area contributed by atoms with Gasteiger partial charge in [0.1, 0.15) is 12.2 Å². The minimum Gasteiger partial charge on any atom is -0.382 e. The fraction of sp³-hybridized carbons (Fsp3) is 0.750. The quantitative estimate of drug-likeness (QED) is 0.288. The summed E-state index contributed by atoms with van der Waals surface area (Å²) in [6.07, 6.45) is -3.67. The standard InChI is InChI=1S/C16H28N2O11P2/c1-10-9-18(16(20)17-14(10)19)15-13(27-7-6-25-2)12(29-30(4,21)26-3)11(28-15)5-8-31(22,23)24/h9,11-13,15H,5-8H2,1-4H3,(H,17,19,20)(H2,22,23,24). The number of nitrogens with zero attached hydrogens (tertiary/aromatic N) is 1. The van der Waals surface area contributed by atoms with Crippen LogP contribution in [0.2, 0.25) is 0 Å². The van der Waals surface area contributed by atoms with Gasteiger partial charge in [0.25, 0.3) is 5.56 Å². The summed E-state index contributed by atoms with van der Waals surface area (Å²) in [5, 5.41) is 0. The molecule has 13 nitrogen and oxygen atoms in total. The van der Waals surface area contributed by atoms with Crippen molar-refractivity contribution >= 4 is 15.2 Å². The molecule has 178 valence electrons. The molecule has 0 bridgehead atoms. The van der Waals surface area contributed by atoms with E-state index in [-0.39, 0.29) is 25.2 Å². The van der Waals surface area contributed by atoms with Crippen LogP contribution in [0, 0.1) is 6.92 Å². The molecule has 3 N–H and O–H groups in total. The van der Waals surface area contributed by atoms with Crippen LogP contribution in [0.4, 0.5) is 0 Å². The van der Waals surface area contributed by atoms with Crippen LogP contribution >= 0.6 is 15.2 Å². The van der Waals surface area contributed by atoms with Crippen LogP contribution in [0.5, 0.6) is 0 Å². The van der Waals surface area contributed by atoms with Crippen LogP contribution in [-0.4, -0.2) is 77.9 Å². The monoisotopic (exact) mass is 486 g/mol. The molecule has 15 heteroatoms. The Morgan fingerprint density at radius 3 is 2.45 bits per heavy atom. The van der Waals surface area contributed by atoms with E-state index in [9.17, 15) is 28.5 Å². The summed E-state index contributed by atoms with van der Waals surface area (Å²) in [4.78, 5) is 44.9. The summed E-state index contributed by atoms with van der Waals surface area (Å²) < 4.78 is 52.2. The summed E-state index contributed by atoms with van der Waals surface area (Å²) >= 11 is 0. The highest BCUT2D eigenvalue weighted by Crippen LogP contribution is 2.49. The molecule has 0 radical (unpaired) electrons. The van der Waals surface area contributed by atoms with E-state index in [1.165, 1.54) is 34.0 Å². The molecule has 1 aromatic heterocycles. The predicted molar refractivity (Wildman–Crippen MR) is 109 cm³/mol. The normalized spacial score (nSPS) is 26.1. The summed E-state index contributed by atoms with van der Waals surface area (Å²) in [7, 11) is -5.30. The van der Waals surface area contributed by atoms with E-state index in [1.54, 1.807) is 0 Å². The zero-order valence-corrected chi connectivity index (χ0v) is 19.4. The molecule has 1 aliphatic rings. The summed E-state index contributed by atoms with van der Waals surface area (Å²) in [5.41, 5.74) is -1.12. The number of hydrogen-bond acceptors (Lipinski definition) is 9. The number of methoxy groups -OCH3 is 1. The Kier molecular flexibility index (Phi) is 8.97. The molecule has 5 unspecified atom stereocenters. The van der Waals surface area contributed by atoms with Gasteiger partial charge < -0.3 is 28.5 Å². The minimum absolute atomic E-state index is 0.0597. The molecule has 2 rings (SSSR count). The van der Waals surface area contributed by atoms with Gasteiger partial charge in [-0.1, -0.05) is 0 Å². The molecule has 0 saturated carbocycles. The third-order valence-corrected chi connectivity index (χ3v) is 6.78. The van der Waals surface area contributed by atoms with E-state index >= 15 is 0 Å². The Morgan fingerprint density at radius 2 is 1.87 bits per heavy atom. The molecule has 1 aliphatic heterocycles. The SMILES string of the molecule is COCCOC1C(OP(C)(=O)OC)C(CCP(=O)(O)O)OC1n1cc(C)c(=O)[nH]c1=O. The third-order valence-electron chi connectivity index (χ3n) is 4.65. The largest absolute Gasteiger partial charge is 0.382 e. The lowest BCUT2D eigenvalue weighted by molar-refractivity contribution is -0.0784. The average molecular weight is 486 g/mol. The Bertz CT molecular complexity index is 956. The van der Waals surface area contributed by atoms with Crippen LogP contribution < -0.4 is 11.2 Å². The van der Waals surface area contributed by atoms with Gasteiger partial charge in [-0.05, 0) is 13.3 Å². The molecule has 2 heterocycles. The number of aryl methyl sites for hydroxylation is 1. The van der Waals surface area contributed by atoms with E-state index in [2.05, 4.69) is 4.98 Å². The summed E-state index contributed by atoms with van der Waals surface area (Å²) in [6, 6.07) is 0. The number of ether oxygens (including phenoxy) is 3. The summed E-state index contributed by atoms with van der Waals surface area (Å²) in [5.74, 6) is 0. The van der Waals surface area contributed by atoms with E-state index in [1.807, 2.05) is 0 Å². The van der Waals surface area contributed by atoms with Crippen molar-refractivity contribution in [3.8, 4) is 0 Å². The Balaban J connectivity index is 2.47. The first-order valence-corrected chi connectivity index (χ1v) is 13.1. The molecule has 0 spiro atoms. The maximum absolute atomic E-state index is 12.5. The molecule has 0 amide bonds. The first-order chi connectivity index (χ1) is 14.4. The van der Waals surface area contributed by atoms with Crippen LogP contribution in [0.3, 0.4) is 0 Å². The van der Waals surface area contributed by atoms with Gasteiger partial charge in [-0.3, -0.25) is 28.0 Å². The van der Waals surface area contributed by atoms with Gasteiger partial charge in [-0.25, -0.2) is 4.79 Å². The Hall–Kier alpha value is -1.14. The second kappa shape index (κ2) is 10.7. The lowest BCUT2D eigenvalue weighted by atomic mass is 10.1. The van der Waals surface area contributed by atoms with Crippen molar-refractivity contribution in [3.05, 3.63) is 32.6 Å². The highest BCUT2D eigenvalue weighted by atomic mass is 31.2. The topological polar surface area (TPSA) is 176 Å². The molecular weight excluding hydrogens is 458 g/mol. The van der Waals surface area contributed by atoms with Crippen molar-refractivity contribution in [2.24, 2.45) is 0 Å². The number of aromatic amines is 1. The molecule has 0 aliphatic carbocycles. The van der Waals surface area contributed by atoms with Gasteiger partial charge in [-0.2, -0.15) is 0 Å². The predicted octanol–water partition coefficient (Wildman–Crippen LogP) is 0.196. The minimum atomic E-state index is -4.38. The highest BCUT2D eigenvalue weighted by Gasteiger charge is 2.50. The first-order valence-electron chi connectivity index (χ1n) is 9.33. The van der Waals surface area contributed by atoms with E-state index in [0.29, 0.717) is 0 Å². The van der Waals surface area contributed by atoms with Crippen molar-refractivity contribution in [2.45, 2.75) is 37.9 Å². The molecule has 1 aromatic rings. The maximum atomic E-state index is 12.5. The van der Waals surface area contributed by atoms with Gasteiger partial charge in [0.15, 0.2) is 6.23 Å². The fourth-order valence-electron chi connectivity index (χ4n) is 3.07. The molecule has 31 heavy (non-hydrogen) atoms. The summed E-state index contributed by atoms with van der Waals surface area (Å²) in [6.45, 7) is 2.97. The second-order valence-electron chi connectivity index (χ2n) is 7.07. The first kappa shape index (κ1) is 26.1. The molecule has 1 saturated heterocycles. The third kappa shape index (κ3) is 7.18. The lowest BCUT2D eigenvalue weighted by Crippen LogP contribution is -2.41.